The first kappa shape index (κ1) is 18.1. The predicted molar refractivity (Wildman–Crippen MR) is 109 cm³/mol. The van der Waals surface area contributed by atoms with Crippen LogP contribution >= 0.6 is 22.7 Å². The SMILES string of the molecule is Cc1cnc(C2CCN(C(=O)NC(c3ccccc3)c3nccs3)CC2)s1. The molecule has 7 heteroatoms. The Morgan fingerprint density at radius 1 is 1.22 bits per heavy atom. The van der Waals surface area contributed by atoms with E-state index in [-0.39, 0.29) is 12.1 Å². The topological polar surface area (TPSA) is 58.1 Å². The molecule has 4 rings (SSSR count). The molecule has 3 aromatic rings. The van der Waals surface area contributed by atoms with Crippen molar-refractivity contribution in [3.05, 3.63) is 68.6 Å². The minimum atomic E-state index is -0.210. The van der Waals surface area contributed by atoms with Gasteiger partial charge in [0.25, 0.3) is 0 Å². The van der Waals surface area contributed by atoms with Gasteiger partial charge in [0.1, 0.15) is 11.0 Å². The van der Waals surface area contributed by atoms with Gasteiger partial charge in [0, 0.05) is 41.7 Å². The number of likely N-dealkylation sites (tertiary alicyclic amines) is 1. The molecule has 1 atom stereocenters. The lowest BCUT2D eigenvalue weighted by Crippen LogP contribution is -2.45. The van der Waals surface area contributed by atoms with Gasteiger partial charge in [-0.3, -0.25) is 0 Å². The van der Waals surface area contributed by atoms with E-state index in [1.54, 1.807) is 28.9 Å². The fourth-order valence-corrected chi connectivity index (χ4v) is 5.07. The van der Waals surface area contributed by atoms with Crippen LogP contribution in [-0.2, 0) is 0 Å². The molecule has 0 bridgehead atoms. The van der Waals surface area contributed by atoms with Crippen molar-refractivity contribution in [2.75, 3.05) is 13.1 Å². The van der Waals surface area contributed by atoms with Crippen molar-refractivity contribution in [2.24, 2.45) is 0 Å². The third kappa shape index (κ3) is 4.20. The van der Waals surface area contributed by atoms with Gasteiger partial charge in [-0.1, -0.05) is 30.3 Å². The molecule has 2 aromatic heterocycles. The molecule has 140 valence electrons. The lowest BCUT2D eigenvalue weighted by atomic mass is 9.98. The number of carbonyl (C=O) groups excluding carboxylic acids is 1. The van der Waals surface area contributed by atoms with Crippen molar-refractivity contribution < 1.29 is 4.79 Å². The van der Waals surface area contributed by atoms with Crippen LogP contribution in [0.2, 0.25) is 0 Å². The Balaban J connectivity index is 1.42. The average molecular weight is 399 g/mol. The number of benzene rings is 1. The number of hydrogen-bond acceptors (Lipinski definition) is 5. The second-order valence-electron chi connectivity index (χ2n) is 6.73. The molecule has 0 saturated carbocycles. The van der Waals surface area contributed by atoms with E-state index < -0.39 is 0 Å². The molecule has 27 heavy (non-hydrogen) atoms. The minimum absolute atomic E-state index is 0.0205. The standard InChI is InChI=1S/C20H22N4OS2/c1-14-13-22-18(27-14)16-7-10-24(11-8-16)20(25)23-17(19-21-9-12-26-19)15-5-3-2-4-6-15/h2-6,9,12-13,16-17H,7-8,10-11H2,1H3,(H,23,25). The maximum atomic E-state index is 12.9. The van der Waals surface area contributed by atoms with E-state index >= 15 is 0 Å². The molecular formula is C20H22N4OS2. The maximum Gasteiger partial charge on any atom is 0.318 e. The van der Waals surface area contributed by atoms with Crippen LogP contribution in [0.1, 0.15) is 45.3 Å². The second-order valence-corrected chi connectivity index (χ2v) is 8.93. The summed E-state index contributed by atoms with van der Waals surface area (Å²) < 4.78 is 0. The third-order valence-corrected chi connectivity index (χ3v) is 6.79. The third-order valence-electron chi connectivity index (χ3n) is 4.87. The molecule has 5 nitrogen and oxygen atoms in total. The van der Waals surface area contributed by atoms with Crippen LogP contribution in [0.25, 0.3) is 0 Å². The number of nitrogens with zero attached hydrogens (tertiary/aromatic N) is 3. The summed E-state index contributed by atoms with van der Waals surface area (Å²) in [7, 11) is 0. The van der Waals surface area contributed by atoms with Crippen LogP contribution in [0.4, 0.5) is 4.79 Å². The molecule has 1 fully saturated rings. The molecule has 0 aliphatic carbocycles. The van der Waals surface area contributed by atoms with Gasteiger partial charge in [-0.25, -0.2) is 14.8 Å². The Hall–Kier alpha value is -2.25. The van der Waals surface area contributed by atoms with Crippen LogP contribution in [0.3, 0.4) is 0 Å². The number of aromatic nitrogens is 2. The van der Waals surface area contributed by atoms with Gasteiger partial charge >= 0.3 is 6.03 Å². The molecule has 1 aliphatic rings. The van der Waals surface area contributed by atoms with Crippen LogP contribution in [0.5, 0.6) is 0 Å². The first-order valence-corrected chi connectivity index (χ1v) is 10.8. The minimum Gasteiger partial charge on any atom is -0.325 e. The lowest BCUT2D eigenvalue weighted by molar-refractivity contribution is 0.179. The van der Waals surface area contributed by atoms with E-state index in [0.29, 0.717) is 5.92 Å². The zero-order valence-electron chi connectivity index (χ0n) is 15.2. The van der Waals surface area contributed by atoms with Crippen molar-refractivity contribution in [1.82, 2.24) is 20.2 Å². The van der Waals surface area contributed by atoms with Crippen LogP contribution in [0, 0.1) is 6.92 Å². The molecule has 1 aliphatic heterocycles. The van der Waals surface area contributed by atoms with Gasteiger partial charge in [0.15, 0.2) is 0 Å². The summed E-state index contributed by atoms with van der Waals surface area (Å²) in [5.74, 6) is 0.469. The highest BCUT2D eigenvalue weighted by Gasteiger charge is 2.28. The molecule has 1 saturated heterocycles. The number of hydrogen-bond donors (Lipinski definition) is 1. The van der Waals surface area contributed by atoms with Crippen LogP contribution in [0.15, 0.2) is 48.1 Å². The van der Waals surface area contributed by atoms with Gasteiger partial charge in [-0.2, -0.15) is 0 Å². The Labute approximate surface area is 167 Å². The Morgan fingerprint density at radius 3 is 2.63 bits per heavy atom. The molecule has 1 N–H and O–H groups in total. The van der Waals surface area contributed by atoms with Gasteiger partial charge in [0.05, 0.1) is 5.01 Å². The maximum absolute atomic E-state index is 12.9. The van der Waals surface area contributed by atoms with Crippen LogP contribution < -0.4 is 5.32 Å². The molecular weight excluding hydrogens is 376 g/mol. The Bertz CT molecular complexity index is 871. The van der Waals surface area contributed by atoms with E-state index in [1.807, 2.05) is 46.8 Å². The van der Waals surface area contributed by atoms with E-state index in [0.717, 1.165) is 36.5 Å². The molecule has 0 radical (unpaired) electrons. The number of aryl methyl sites for hydroxylation is 1. The number of thiazole rings is 2. The highest BCUT2D eigenvalue weighted by Crippen LogP contribution is 2.31. The highest BCUT2D eigenvalue weighted by atomic mass is 32.1. The summed E-state index contributed by atoms with van der Waals surface area (Å²) in [6.45, 7) is 3.61. The smallest absolute Gasteiger partial charge is 0.318 e. The van der Waals surface area contributed by atoms with E-state index in [9.17, 15) is 4.79 Å². The van der Waals surface area contributed by atoms with Gasteiger partial charge < -0.3 is 10.2 Å². The summed E-state index contributed by atoms with van der Waals surface area (Å²) in [5, 5.41) is 7.24. The Morgan fingerprint density at radius 2 is 2.00 bits per heavy atom. The van der Waals surface area contributed by atoms with Gasteiger partial charge in [-0.15, -0.1) is 22.7 Å². The zero-order valence-corrected chi connectivity index (χ0v) is 16.8. The molecule has 1 aromatic carbocycles. The summed E-state index contributed by atoms with van der Waals surface area (Å²) in [4.78, 5) is 25.0. The fraction of sp³-hybridized carbons (Fsp3) is 0.350. The zero-order chi connectivity index (χ0) is 18.6. The number of nitrogens with one attached hydrogen (secondary N) is 1. The summed E-state index contributed by atoms with van der Waals surface area (Å²) >= 11 is 3.34. The summed E-state index contributed by atoms with van der Waals surface area (Å²) in [6, 6.07) is 9.79. The lowest BCUT2D eigenvalue weighted by Gasteiger charge is -2.32. The van der Waals surface area contributed by atoms with Crippen molar-refractivity contribution in [3.8, 4) is 0 Å². The number of carbonyl (C=O) groups is 1. The largest absolute Gasteiger partial charge is 0.325 e. The second kappa shape index (κ2) is 8.19. The van der Waals surface area contributed by atoms with Crippen molar-refractivity contribution in [3.63, 3.8) is 0 Å². The van der Waals surface area contributed by atoms with Crippen molar-refractivity contribution >= 4 is 28.7 Å². The molecule has 0 spiro atoms. The van der Waals surface area contributed by atoms with Crippen molar-refractivity contribution in [1.29, 1.82) is 0 Å². The number of piperidine rings is 1. The first-order chi connectivity index (χ1) is 13.2. The average Bonchev–Trinajstić information content (AvgIpc) is 3.39. The van der Waals surface area contributed by atoms with Crippen molar-refractivity contribution in [2.45, 2.75) is 31.7 Å². The summed E-state index contributed by atoms with van der Waals surface area (Å²) in [6.07, 6.45) is 5.66. The van der Waals surface area contributed by atoms with E-state index in [4.69, 9.17) is 0 Å². The molecule has 2 amide bonds. The van der Waals surface area contributed by atoms with Crippen LogP contribution in [-0.4, -0.2) is 34.0 Å². The number of urea groups is 1. The van der Waals surface area contributed by atoms with E-state index in [2.05, 4.69) is 22.2 Å². The monoisotopic (exact) mass is 398 g/mol. The highest BCUT2D eigenvalue weighted by molar-refractivity contribution is 7.11. The Kier molecular flexibility index (Phi) is 5.50. The van der Waals surface area contributed by atoms with Gasteiger partial charge in [-0.05, 0) is 25.3 Å². The van der Waals surface area contributed by atoms with E-state index in [1.165, 1.54) is 9.88 Å². The first-order valence-electron chi connectivity index (χ1n) is 9.13. The molecule has 1 unspecified atom stereocenters. The predicted octanol–water partition coefficient (Wildman–Crippen LogP) is 4.59. The molecule has 3 heterocycles. The fourth-order valence-electron chi connectivity index (χ4n) is 3.42. The quantitative estimate of drug-likeness (QED) is 0.699. The number of amides is 2. The normalized spacial score (nSPS) is 16.3. The van der Waals surface area contributed by atoms with Gasteiger partial charge in [0.2, 0.25) is 0 Å². The number of rotatable bonds is 4. The summed E-state index contributed by atoms with van der Waals surface area (Å²) in [5.41, 5.74) is 1.05.